The lowest BCUT2D eigenvalue weighted by atomic mass is 9.53. The highest BCUT2D eigenvalue weighted by atomic mass is 16.5. The maximum Gasteiger partial charge on any atom is 0.310 e. The van der Waals surface area contributed by atoms with Crippen molar-refractivity contribution >= 4 is 23.9 Å². The summed E-state index contributed by atoms with van der Waals surface area (Å²) in [4.78, 5) is 50.6. The zero-order chi connectivity index (χ0) is 27.1. The van der Waals surface area contributed by atoms with E-state index in [1.807, 2.05) is 0 Å². The van der Waals surface area contributed by atoms with E-state index in [1.54, 1.807) is 0 Å². The van der Waals surface area contributed by atoms with Crippen LogP contribution in [0.5, 0.6) is 0 Å². The summed E-state index contributed by atoms with van der Waals surface area (Å²) in [5.74, 6) is -2.44. The van der Waals surface area contributed by atoms with Crippen LogP contribution in [0.25, 0.3) is 0 Å². The molecule has 0 aromatic rings. The summed E-state index contributed by atoms with van der Waals surface area (Å²) in [6, 6.07) is 0. The van der Waals surface area contributed by atoms with Gasteiger partial charge in [0.05, 0.1) is 51.1 Å². The highest BCUT2D eigenvalue weighted by Gasteiger charge is 2.58. The van der Waals surface area contributed by atoms with Gasteiger partial charge in [-0.2, -0.15) is 0 Å². The lowest BCUT2D eigenvalue weighted by Crippen LogP contribution is -2.55. The van der Waals surface area contributed by atoms with Crippen molar-refractivity contribution in [2.75, 3.05) is 27.4 Å². The van der Waals surface area contributed by atoms with Gasteiger partial charge in [-0.1, -0.05) is 24.3 Å². The SMILES string of the molecule is COC(=O)[C@@H]1[C@H]2CC/C=C\CC[C@@H]2[C@@H]1C(=O)OCCCCOC(=O)[C@H]1[C@H]2CC/C=C\CC[C@@H]2[C@H]1C(=O)OC. The highest BCUT2D eigenvalue weighted by molar-refractivity contribution is 5.85. The summed E-state index contributed by atoms with van der Waals surface area (Å²) in [5.41, 5.74) is 0. The molecule has 8 heteroatoms. The van der Waals surface area contributed by atoms with Crippen LogP contribution in [0.15, 0.2) is 24.3 Å². The molecule has 2 saturated carbocycles. The van der Waals surface area contributed by atoms with Crippen molar-refractivity contribution < 1.29 is 38.1 Å². The number of carbonyl (C=O) groups is 4. The number of ether oxygens (including phenoxy) is 4. The average molecular weight is 531 g/mol. The maximum absolute atomic E-state index is 12.9. The number of carbonyl (C=O) groups excluding carboxylic acids is 4. The molecular formula is C30H42O8. The third-order valence-corrected chi connectivity index (χ3v) is 9.24. The predicted octanol–water partition coefficient (Wildman–Crippen LogP) is 4.42. The van der Waals surface area contributed by atoms with E-state index < -0.39 is 23.7 Å². The molecule has 4 rings (SSSR count). The van der Waals surface area contributed by atoms with Crippen LogP contribution in [0.2, 0.25) is 0 Å². The standard InChI is InChI=1S/C30H42O8/c1-35-27(31)23-19-13-7-3-5-9-15-21(19)25(23)29(33)37-17-11-12-18-38-30(34)26-22-16-10-6-4-8-14-20(22)24(26)28(32)36-2/h3-6,19-26H,7-18H2,1-2H3/b5-3-,6-4-/t19-,20-,21-,22-,23+,24+,25-,26-/m0/s1. The summed E-state index contributed by atoms with van der Waals surface area (Å²) in [5, 5.41) is 0. The normalized spacial score (nSPS) is 35.5. The van der Waals surface area contributed by atoms with E-state index in [9.17, 15) is 19.2 Å². The Balaban J connectivity index is 1.21. The summed E-state index contributed by atoms with van der Waals surface area (Å²) in [7, 11) is 2.74. The number of hydrogen-bond acceptors (Lipinski definition) is 8. The van der Waals surface area contributed by atoms with Crippen LogP contribution in [-0.2, 0) is 38.1 Å². The molecule has 8 atom stereocenters. The first kappa shape index (κ1) is 28.4. The Kier molecular flexibility index (Phi) is 10.0. The molecule has 0 amide bonds. The van der Waals surface area contributed by atoms with Crippen molar-refractivity contribution in [1.29, 1.82) is 0 Å². The third kappa shape index (κ3) is 5.99. The van der Waals surface area contributed by atoms with Gasteiger partial charge in [0.15, 0.2) is 0 Å². The van der Waals surface area contributed by atoms with E-state index in [1.165, 1.54) is 14.2 Å². The van der Waals surface area contributed by atoms with Gasteiger partial charge in [-0.3, -0.25) is 19.2 Å². The number of esters is 4. The summed E-state index contributed by atoms with van der Waals surface area (Å²) in [6.07, 6.45) is 16.8. The second-order valence-electron chi connectivity index (χ2n) is 11.1. The molecule has 0 aromatic heterocycles. The molecule has 0 aliphatic heterocycles. The van der Waals surface area contributed by atoms with E-state index in [-0.39, 0.29) is 60.8 Å². The molecule has 38 heavy (non-hydrogen) atoms. The maximum atomic E-state index is 12.9. The van der Waals surface area contributed by atoms with Gasteiger partial charge in [0.1, 0.15) is 0 Å². The van der Waals surface area contributed by atoms with Crippen LogP contribution in [0.3, 0.4) is 0 Å². The quantitative estimate of drug-likeness (QED) is 0.187. The van der Waals surface area contributed by atoms with Crippen molar-refractivity contribution in [2.24, 2.45) is 47.3 Å². The minimum absolute atomic E-state index is 0.148. The highest BCUT2D eigenvalue weighted by Crippen LogP contribution is 2.53. The molecule has 2 fully saturated rings. The summed E-state index contributed by atoms with van der Waals surface area (Å²) in [6.45, 7) is 0.423. The third-order valence-electron chi connectivity index (χ3n) is 9.24. The zero-order valence-electron chi connectivity index (χ0n) is 22.7. The van der Waals surface area contributed by atoms with Crippen molar-refractivity contribution in [3.63, 3.8) is 0 Å². The molecule has 0 spiro atoms. The average Bonchev–Trinajstić information content (AvgIpc) is 2.88. The van der Waals surface area contributed by atoms with Crippen LogP contribution in [0.4, 0.5) is 0 Å². The van der Waals surface area contributed by atoms with Crippen molar-refractivity contribution in [3.8, 4) is 0 Å². The molecule has 0 saturated heterocycles. The fourth-order valence-electron chi connectivity index (χ4n) is 7.34. The van der Waals surface area contributed by atoms with Gasteiger partial charge < -0.3 is 18.9 Å². The number of allylic oxidation sites excluding steroid dienone is 4. The van der Waals surface area contributed by atoms with Crippen LogP contribution >= 0.6 is 0 Å². The van der Waals surface area contributed by atoms with Gasteiger partial charge in [0.2, 0.25) is 0 Å². The Hall–Kier alpha value is -2.64. The molecule has 8 nitrogen and oxygen atoms in total. The largest absolute Gasteiger partial charge is 0.469 e. The van der Waals surface area contributed by atoms with E-state index in [4.69, 9.17) is 18.9 Å². The predicted molar refractivity (Wildman–Crippen MR) is 138 cm³/mol. The Morgan fingerprint density at radius 1 is 0.526 bits per heavy atom. The molecule has 0 radical (unpaired) electrons. The second-order valence-corrected chi connectivity index (χ2v) is 11.1. The number of methoxy groups -OCH3 is 2. The smallest absolute Gasteiger partial charge is 0.310 e. The minimum Gasteiger partial charge on any atom is -0.469 e. The molecule has 4 aliphatic carbocycles. The first-order valence-electron chi connectivity index (χ1n) is 14.3. The second kappa shape index (κ2) is 13.4. The summed E-state index contributed by atoms with van der Waals surface area (Å²) < 4.78 is 21.1. The molecule has 0 heterocycles. The zero-order valence-corrected chi connectivity index (χ0v) is 22.7. The van der Waals surface area contributed by atoms with Gasteiger partial charge in [0.25, 0.3) is 0 Å². The molecule has 0 aromatic carbocycles. The number of rotatable bonds is 9. The Bertz CT molecular complexity index is 849. The molecule has 210 valence electrons. The summed E-state index contributed by atoms with van der Waals surface area (Å²) >= 11 is 0. The lowest BCUT2D eigenvalue weighted by molar-refractivity contribution is -0.182. The van der Waals surface area contributed by atoms with Gasteiger partial charge in [-0.25, -0.2) is 0 Å². The van der Waals surface area contributed by atoms with Gasteiger partial charge in [0, 0.05) is 0 Å². The fraction of sp³-hybridized carbons (Fsp3) is 0.733. The van der Waals surface area contributed by atoms with Crippen LogP contribution in [0, 0.1) is 47.3 Å². The van der Waals surface area contributed by atoms with Crippen LogP contribution in [-0.4, -0.2) is 51.3 Å². The fourth-order valence-corrected chi connectivity index (χ4v) is 7.34. The number of hydrogen-bond donors (Lipinski definition) is 0. The van der Waals surface area contributed by atoms with Crippen molar-refractivity contribution in [1.82, 2.24) is 0 Å². The van der Waals surface area contributed by atoms with E-state index in [0.29, 0.717) is 12.8 Å². The molecule has 0 N–H and O–H groups in total. The lowest BCUT2D eigenvalue weighted by Gasteiger charge is -2.49. The van der Waals surface area contributed by atoms with E-state index in [0.717, 1.165) is 51.4 Å². The molecule has 0 unspecified atom stereocenters. The molecular weight excluding hydrogens is 488 g/mol. The van der Waals surface area contributed by atoms with Gasteiger partial charge >= 0.3 is 23.9 Å². The van der Waals surface area contributed by atoms with E-state index >= 15 is 0 Å². The Morgan fingerprint density at radius 2 is 0.816 bits per heavy atom. The Morgan fingerprint density at radius 3 is 1.11 bits per heavy atom. The molecule has 0 bridgehead atoms. The van der Waals surface area contributed by atoms with Gasteiger partial charge in [-0.05, 0) is 87.9 Å². The number of fused-ring (bicyclic) bond motifs is 2. The number of unbranched alkanes of at least 4 members (excludes halogenated alkanes) is 1. The van der Waals surface area contributed by atoms with Crippen LogP contribution in [0.1, 0.15) is 64.2 Å². The molecule has 4 aliphatic rings. The van der Waals surface area contributed by atoms with Gasteiger partial charge in [-0.15, -0.1) is 0 Å². The first-order valence-corrected chi connectivity index (χ1v) is 14.3. The van der Waals surface area contributed by atoms with E-state index in [2.05, 4.69) is 24.3 Å². The topological polar surface area (TPSA) is 105 Å². The Labute approximate surface area is 225 Å². The minimum atomic E-state index is -0.447. The monoisotopic (exact) mass is 530 g/mol. The van der Waals surface area contributed by atoms with Crippen molar-refractivity contribution in [3.05, 3.63) is 24.3 Å². The first-order chi connectivity index (χ1) is 18.5. The van der Waals surface area contributed by atoms with Crippen LogP contribution < -0.4 is 0 Å². The van der Waals surface area contributed by atoms with Crippen molar-refractivity contribution in [2.45, 2.75) is 64.2 Å².